The van der Waals surface area contributed by atoms with Gasteiger partial charge in [-0.2, -0.15) is 5.10 Å². The van der Waals surface area contributed by atoms with Gasteiger partial charge in [-0.15, -0.1) is 0 Å². The lowest BCUT2D eigenvalue weighted by Crippen LogP contribution is -2.26. The summed E-state index contributed by atoms with van der Waals surface area (Å²) in [5.74, 6) is -0.0331. The maximum atomic E-state index is 11.6. The highest BCUT2D eigenvalue weighted by Gasteiger charge is 2.11. The summed E-state index contributed by atoms with van der Waals surface area (Å²) in [6.45, 7) is 7.34. The fraction of sp³-hybridized carbons (Fsp3) is 0.600. The highest BCUT2D eigenvalue weighted by atomic mass is 16.2. The zero-order valence-corrected chi connectivity index (χ0v) is 9.00. The first-order valence-electron chi connectivity index (χ1n) is 5.01. The van der Waals surface area contributed by atoms with Gasteiger partial charge in [-0.05, 0) is 26.3 Å². The molecule has 4 nitrogen and oxygen atoms in total. The van der Waals surface area contributed by atoms with Gasteiger partial charge in [-0.1, -0.05) is 6.92 Å². The normalized spacial score (nSPS) is 10.2. The van der Waals surface area contributed by atoms with E-state index in [2.05, 4.69) is 10.4 Å². The third kappa shape index (κ3) is 2.34. The van der Waals surface area contributed by atoms with Crippen LogP contribution in [-0.2, 0) is 6.54 Å². The van der Waals surface area contributed by atoms with Crippen LogP contribution in [0.15, 0.2) is 6.07 Å². The summed E-state index contributed by atoms with van der Waals surface area (Å²) in [7, 11) is 0. The molecule has 0 spiro atoms. The van der Waals surface area contributed by atoms with Crippen molar-refractivity contribution >= 4 is 5.91 Å². The van der Waals surface area contributed by atoms with Gasteiger partial charge >= 0.3 is 0 Å². The molecule has 14 heavy (non-hydrogen) atoms. The summed E-state index contributed by atoms with van der Waals surface area (Å²) in [4.78, 5) is 11.6. The van der Waals surface area contributed by atoms with Crippen molar-refractivity contribution in [2.24, 2.45) is 0 Å². The Morgan fingerprint density at radius 2 is 2.29 bits per heavy atom. The summed E-state index contributed by atoms with van der Waals surface area (Å²) in [6.07, 6.45) is 0.949. The Labute approximate surface area is 84.3 Å². The summed E-state index contributed by atoms with van der Waals surface area (Å²) >= 11 is 0. The van der Waals surface area contributed by atoms with Crippen LogP contribution < -0.4 is 5.32 Å². The van der Waals surface area contributed by atoms with E-state index in [-0.39, 0.29) is 5.91 Å². The first-order valence-corrected chi connectivity index (χ1v) is 5.01. The lowest BCUT2D eigenvalue weighted by atomic mass is 10.3. The molecule has 0 saturated carbocycles. The number of nitrogens with one attached hydrogen (secondary N) is 1. The SMILES string of the molecule is CCCNC(=O)c1cc(C)nn1CC. The molecular weight excluding hydrogens is 178 g/mol. The van der Waals surface area contributed by atoms with Gasteiger partial charge in [0.25, 0.3) is 5.91 Å². The summed E-state index contributed by atoms with van der Waals surface area (Å²) in [5, 5.41) is 7.05. The summed E-state index contributed by atoms with van der Waals surface area (Å²) in [5.41, 5.74) is 1.53. The van der Waals surface area contributed by atoms with Crippen molar-refractivity contribution in [1.29, 1.82) is 0 Å². The molecule has 0 aliphatic heterocycles. The zero-order chi connectivity index (χ0) is 10.6. The predicted molar refractivity (Wildman–Crippen MR) is 55.3 cm³/mol. The van der Waals surface area contributed by atoms with E-state index in [1.165, 1.54) is 0 Å². The molecular formula is C10H17N3O. The van der Waals surface area contributed by atoms with Crippen LogP contribution in [0.25, 0.3) is 0 Å². The molecule has 4 heteroatoms. The van der Waals surface area contributed by atoms with E-state index in [4.69, 9.17) is 0 Å². The highest BCUT2D eigenvalue weighted by molar-refractivity contribution is 5.92. The highest BCUT2D eigenvalue weighted by Crippen LogP contribution is 2.03. The molecule has 0 saturated heterocycles. The maximum Gasteiger partial charge on any atom is 0.269 e. The quantitative estimate of drug-likeness (QED) is 0.788. The van der Waals surface area contributed by atoms with Crippen molar-refractivity contribution in [1.82, 2.24) is 15.1 Å². The fourth-order valence-electron chi connectivity index (χ4n) is 1.30. The topological polar surface area (TPSA) is 46.9 Å². The molecule has 78 valence electrons. The maximum absolute atomic E-state index is 11.6. The molecule has 1 N–H and O–H groups in total. The van der Waals surface area contributed by atoms with E-state index in [9.17, 15) is 4.79 Å². The minimum atomic E-state index is -0.0331. The number of rotatable bonds is 4. The van der Waals surface area contributed by atoms with Crippen LogP contribution in [0, 0.1) is 6.92 Å². The largest absolute Gasteiger partial charge is 0.351 e. The smallest absolute Gasteiger partial charge is 0.269 e. The molecule has 0 aliphatic carbocycles. The molecule has 0 radical (unpaired) electrons. The van der Waals surface area contributed by atoms with E-state index in [0.29, 0.717) is 12.2 Å². The molecule has 1 heterocycles. The van der Waals surface area contributed by atoms with Crippen LogP contribution in [0.4, 0.5) is 0 Å². The van der Waals surface area contributed by atoms with Gasteiger partial charge in [0.1, 0.15) is 5.69 Å². The van der Waals surface area contributed by atoms with Crippen molar-refractivity contribution < 1.29 is 4.79 Å². The molecule has 0 unspecified atom stereocenters. The van der Waals surface area contributed by atoms with E-state index >= 15 is 0 Å². The molecule has 0 aromatic carbocycles. The monoisotopic (exact) mass is 195 g/mol. The van der Waals surface area contributed by atoms with Crippen molar-refractivity contribution in [3.8, 4) is 0 Å². The van der Waals surface area contributed by atoms with Gasteiger partial charge in [0, 0.05) is 13.1 Å². The van der Waals surface area contributed by atoms with Gasteiger partial charge in [0.2, 0.25) is 0 Å². The molecule has 1 rings (SSSR count). The number of hydrogen-bond donors (Lipinski definition) is 1. The van der Waals surface area contributed by atoms with Crippen molar-refractivity contribution in [3.63, 3.8) is 0 Å². The minimum Gasteiger partial charge on any atom is -0.351 e. The number of aryl methyl sites for hydroxylation is 2. The Hall–Kier alpha value is -1.32. The first kappa shape index (κ1) is 10.8. The third-order valence-electron chi connectivity index (χ3n) is 1.97. The number of hydrogen-bond acceptors (Lipinski definition) is 2. The number of aromatic nitrogens is 2. The van der Waals surface area contributed by atoms with Crippen molar-refractivity contribution in [3.05, 3.63) is 17.5 Å². The average Bonchev–Trinajstić information content (AvgIpc) is 2.56. The van der Waals surface area contributed by atoms with Gasteiger partial charge in [-0.25, -0.2) is 0 Å². The van der Waals surface area contributed by atoms with Crippen molar-refractivity contribution in [2.45, 2.75) is 33.7 Å². The molecule has 0 bridgehead atoms. The van der Waals surface area contributed by atoms with Crippen LogP contribution in [-0.4, -0.2) is 22.2 Å². The molecule has 0 fully saturated rings. The number of carbonyl (C=O) groups is 1. The Morgan fingerprint density at radius 1 is 1.57 bits per heavy atom. The Kier molecular flexibility index (Phi) is 3.68. The Morgan fingerprint density at radius 3 is 2.86 bits per heavy atom. The second-order valence-electron chi connectivity index (χ2n) is 3.24. The van der Waals surface area contributed by atoms with E-state index in [1.807, 2.05) is 26.8 Å². The van der Waals surface area contributed by atoms with Crippen LogP contribution in [0.3, 0.4) is 0 Å². The van der Waals surface area contributed by atoms with Crippen LogP contribution in [0.1, 0.15) is 36.5 Å². The molecule has 1 aromatic heterocycles. The van der Waals surface area contributed by atoms with Gasteiger partial charge in [0.15, 0.2) is 0 Å². The first-order chi connectivity index (χ1) is 6.69. The molecule has 1 amide bonds. The second kappa shape index (κ2) is 4.79. The van der Waals surface area contributed by atoms with Crippen LogP contribution in [0.5, 0.6) is 0 Å². The molecule has 0 aliphatic rings. The molecule has 0 atom stereocenters. The van der Waals surface area contributed by atoms with Gasteiger partial charge in [-0.3, -0.25) is 9.48 Å². The van der Waals surface area contributed by atoms with E-state index in [1.54, 1.807) is 4.68 Å². The number of nitrogens with zero attached hydrogens (tertiary/aromatic N) is 2. The molecule has 1 aromatic rings. The van der Waals surface area contributed by atoms with Gasteiger partial charge < -0.3 is 5.32 Å². The van der Waals surface area contributed by atoms with E-state index in [0.717, 1.165) is 18.7 Å². The Bertz CT molecular complexity index is 317. The lowest BCUT2D eigenvalue weighted by Gasteiger charge is -2.04. The fourth-order valence-corrected chi connectivity index (χ4v) is 1.30. The predicted octanol–water partition coefficient (Wildman–Crippen LogP) is 1.35. The number of amides is 1. The minimum absolute atomic E-state index is 0.0331. The van der Waals surface area contributed by atoms with Crippen LogP contribution >= 0.6 is 0 Å². The van der Waals surface area contributed by atoms with E-state index < -0.39 is 0 Å². The number of carbonyl (C=O) groups excluding carboxylic acids is 1. The standard InChI is InChI=1S/C10H17N3O/c1-4-6-11-10(14)9-7-8(3)12-13(9)5-2/h7H,4-6H2,1-3H3,(H,11,14). The summed E-state index contributed by atoms with van der Waals surface area (Å²) in [6, 6.07) is 1.81. The van der Waals surface area contributed by atoms with Crippen LogP contribution in [0.2, 0.25) is 0 Å². The second-order valence-corrected chi connectivity index (χ2v) is 3.24. The van der Waals surface area contributed by atoms with Gasteiger partial charge in [0.05, 0.1) is 5.69 Å². The zero-order valence-electron chi connectivity index (χ0n) is 9.00. The lowest BCUT2D eigenvalue weighted by molar-refractivity contribution is 0.0943. The third-order valence-corrected chi connectivity index (χ3v) is 1.97. The Balaban J connectivity index is 2.77. The summed E-state index contributed by atoms with van der Waals surface area (Å²) < 4.78 is 1.72. The van der Waals surface area contributed by atoms with Crippen molar-refractivity contribution in [2.75, 3.05) is 6.54 Å². The average molecular weight is 195 g/mol.